The van der Waals surface area contributed by atoms with Crippen molar-refractivity contribution in [2.24, 2.45) is 5.92 Å². The minimum absolute atomic E-state index is 0.164. The van der Waals surface area contributed by atoms with Crippen molar-refractivity contribution in [2.75, 3.05) is 0 Å². The lowest BCUT2D eigenvalue weighted by atomic mass is 9.79. The van der Waals surface area contributed by atoms with Crippen molar-refractivity contribution in [1.82, 2.24) is 0 Å². The van der Waals surface area contributed by atoms with E-state index in [4.69, 9.17) is 0 Å². The van der Waals surface area contributed by atoms with Gasteiger partial charge < -0.3 is 0 Å². The zero-order chi connectivity index (χ0) is 12.3. The molecule has 1 fully saturated rings. The van der Waals surface area contributed by atoms with E-state index in [1.807, 2.05) is 19.1 Å². The molecule has 1 heteroatoms. The lowest BCUT2D eigenvalue weighted by Crippen LogP contribution is -2.13. The molecule has 1 aromatic carbocycles. The van der Waals surface area contributed by atoms with Crippen LogP contribution in [0.1, 0.15) is 67.8 Å². The van der Waals surface area contributed by atoms with Crippen molar-refractivity contribution in [2.45, 2.75) is 51.9 Å². The van der Waals surface area contributed by atoms with E-state index in [0.717, 1.165) is 18.4 Å². The van der Waals surface area contributed by atoms with E-state index >= 15 is 0 Å². The average molecular weight is 230 g/mol. The molecular formula is C16H22O. The summed E-state index contributed by atoms with van der Waals surface area (Å²) in [6.07, 6.45) is 6.00. The van der Waals surface area contributed by atoms with E-state index < -0.39 is 0 Å². The third-order valence-corrected chi connectivity index (χ3v) is 3.92. The maximum absolute atomic E-state index is 12.2. The molecule has 1 saturated carbocycles. The molecule has 1 aliphatic rings. The fourth-order valence-electron chi connectivity index (χ4n) is 2.54. The van der Waals surface area contributed by atoms with Gasteiger partial charge in [0.05, 0.1) is 0 Å². The lowest BCUT2D eigenvalue weighted by Gasteiger charge is -2.26. The number of ketones is 1. The Morgan fingerprint density at radius 1 is 1.41 bits per heavy atom. The molecule has 1 aliphatic carbocycles. The minimum Gasteiger partial charge on any atom is -0.294 e. The predicted octanol–water partition coefficient (Wildman–Crippen LogP) is 4.57. The Bertz CT molecular complexity index is 390. The van der Waals surface area contributed by atoms with Crippen LogP contribution in [-0.2, 0) is 0 Å². The highest BCUT2D eigenvalue weighted by molar-refractivity contribution is 5.97. The van der Waals surface area contributed by atoms with Crippen LogP contribution in [0.3, 0.4) is 0 Å². The van der Waals surface area contributed by atoms with Gasteiger partial charge in [0, 0.05) is 11.5 Å². The molecule has 0 amide bonds. The van der Waals surface area contributed by atoms with E-state index in [1.54, 1.807) is 0 Å². The second-order valence-electron chi connectivity index (χ2n) is 5.31. The molecule has 0 heterocycles. The second kappa shape index (κ2) is 5.48. The van der Waals surface area contributed by atoms with Gasteiger partial charge in [-0.2, -0.15) is 0 Å². The summed E-state index contributed by atoms with van der Waals surface area (Å²) in [6, 6.07) is 8.31. The third-order valence-electron chi connectivity index (χ3n) is 3.92. The van der Waals surface area contributed by atoms with Crippen LogP contribution in [0.5, 0.6) is 0 Å². The molecule has 0 bridgehead atoms. The van der Waals surface area contributed by atoms with Crippen molar-refractivity contribution < 1.29 is 4.79 Å². The van der Waals surface area contributed by atoms with Gasteiger partial charge in [0.25, 0.3) is 0 Å². The summed E-state index contributed by atoms with van der Waals surface area (Å²) in [5, 5.41) is 0. The van der Waals surface area contributed by atoms with Crippen LogP contribution < -0.4 is 0 Å². The molecule has 0 N–H and O–H groups in total. The molecule has 0 spiro atoms. The average Bonchev–Trinajstić information content (AvgIpc) is 2.26. The molecule has 17 heavy (non-hydrogen) atoms. The molecule has 1 aromatic rings. The van der Waals surface area contributed by atoms with Crippen LogP contribution in [0, 0.1) is 5.92 Å². The highest BCUT2D eigenvalue weighted by Crippen LogP contribution is 2.36. The Labute approximate surface area is 104 Å². The summed E-state index contributed by atoms with van der Waals surface area (Å²) in [5.74, 6) is 1.19. The number of carbonyl (C=O) groups is 1. The number of Topliss-reactive ketones (excluding diaryl/α,β-unsaturated/α-hetero) is 1. The van der Waals surface area contributed by atoms with Gasteiger partial charge in [-0.1, -0.05) is 44.9 Å². The van der Waals surface area contributed by atoms with E-state index in [-0.39, 0.29) is 5.92 Å². The Kier molecular flexibility index (Phi) is 3.98. The fourth-order valence-corrected chi connectivity index (χ4v) is 2.54. The molecule has 2 rings (SSSR count). The molecule has 1 nitrogen and oxygen atoms in total. The van der Waals surface area contributed by atoms with Crippen molar-refractivity contribution >= 4 is 5.78 Å². The van der Waals surface area contributed by atoms with Gasteiger partial charge in [0.1, 0.15) is 0 Å². The molecule has 1 unspecified atom stereocenters. The van der Waals surface area contributed by atoms with Crippen LogP contribution >= 0.6 is 0 Å². The first-order valence-corrected chi connectivity index (χ1v) is 6.86. The quantitative estimate of drug-likeness (QED) is 0.677. The Hall–Kier alpha value is -1.11. The van der Waals surface area contributed by atoms with Crippen LogP contribution in [-0.4, -0.2) is 5.78 Å². The predicted molar refractivity (Wildman–Crippen MR) is 71.4 cm³/mol. The Balaban J connectivity index is 2.12. The van der Waals surface area contributed by atoms with Crippen LogP contribution in [0.4, 0.5) is 0 Å². The summed E-state index contributed by atoms with van der Waals surface area (Å²) in [5.41, 5.74) is 2.28. The normalized spacial score (nSPS) is 17.5. The smallest absolute Gasteiger partial charge is 0.165 e. The molecule has 0 saturated heterocycles. The fraction of sp³-hybridized carbons (Fsp3) is 0.562. The number of rotatable bonds is 5. The maximum atomic E-state index is 12.2. The summed E-state index contributed by atoms with van der Waals surface area (Å²) >= 11 is 0. The molecule has 0 radical (unpaired) electrons. The topological polar surface area (TPSA) is 17.1 Å². The van der Waals surface area contributed by atoms with E-state index in [1.165, 1.54) is 24.8 Å². The zero-order valence-electron chi connectivity index (χ0n) is 10.9. The van der Waals surface area contributed by atoms with Crippen molar-refractivity contribution in [1.29, 1.82) is 0 Å². The van der Waals surface area contributed by atoms with Crippen LogP contribution in [0.25, 0.3) is 0 Å². The number of benzene rings is 1. The van der Waals surface area contributed by atoms with Gasteiger partial charge in [0.2, 0.25) is 0 Å². The van der Waals surface area contributed by atoms with Gasteiger partial charge in [-0.15, -0.1) is 0 Å². The molecule has 1 atom stereocenters. The Morgan fingerprint density at radius 3 is 2.76 bits per heavy atom. The van der Waals surface area contributed by atoms with Gasteiger partial charge in [-0.3, -0.25) is 4.79 Å². The van der Waals surface area contributed by atoms with E-state index in [9.17, 15) is 4.79 Å². The molecule has 0 aliphatic heterocycles. The molecular weight excluding hydrogens is 208 g/mol. The van der Waals surface area contributed by atoms with Crippen molar-refractivity contribution in [3.63, 3.8) is 0 Å². The number of hydrogen-bond donors (Lipinski definition) is 0. The number of hydrogen-bond acceptors (Lipinski definition) is 1. The van der Waals surface area contributed by atoms with Crippen LogP contribution in [0.15, 0.2) is 24.3 Å². The second-order valence-corrected chi connectivity index (χ2v) is 5.31. The third kappa shape index (κ3) is 2.77. The SMILES string of the molecule is CCCC(C)C(=O)c1cccc(C2CCC2)c1. The van der Waals surface area contributed by atoms with Gasteiger partial charge in [-0.05, 0) is 36.8 Å². The first kappa shape index (κ1) is 12.3. The van der Waals surface area contributed by atoms with Crippen LogP contribution in [0.2, 0.25) is 0 Å². The summed E-state index contributed by atoms with van der Waals surface area (Å²) in [7, 11) is 0. The minimum atomic E-state index is 0.164. The lowest BCUT2D eigenvalue weighted by molar-refractivity contribution is 0.0923. The summed E-state index contributed by atoms with van der Waals surface area (Å²) in [6.45, 7) is 4.18. The summed E-state index contributed by atoms with van der Waals surface area (Å²) in [4.78, 5) is 12.2. The monoisotopic (exact) mass is 230 g/mol. The van der Waals surface area contributed by atoms with Crippen molar-refractivity contribution in [3.8, 4) is 0 Å². The standard InChI is InChI=1S/C16H22O/c1-3-6-12(2)16(17)15-10-5-9-14(11-15)13-7-4-8-13/h5,9-13H,3-4,6-8H2,1-2H3. The largest absolute Gasteiger partial charge is 0.294 e. The molecule has 0 aromatic heterocycles. The van der Waals surface area contributed by atoms with E-state index in [0.29, 0.717) is 11.7 Å². The van der Waals surface area contributed by atoms with Gasteiger partial charge >= 0.3 is 0 Å². The number of carbonyl (C=O) groups excluding carboxylic acids is 1. The highest BCUT2D eigenvalue weighted by atomic mass is 16.1. The Morgan fingerprint density at radius 2 is 2.18 bits per heavy atom. The maximum Gasteiger partial charge on any atom is 0.165 e. The van der Waals surface area contributed by atoms with Crippen molar-refractivity contribution in [3.05, 3.63) is 35.4 Å². The first-order chi connectivity index (χ1) is 8.22. The highest BCUT2D eigenvalue weighted by Gasteiger charge is 2.21. The van der Waals surface area contributed by atoms with Gasteiger partial charge in [0.15, 0.2) is 5.78 Å². The first-order valence-electron chi connectivity index (χ1n) is 6.86. The van der Waals surface area contributed by atoms with Gasteiger partial charge in [-0.25, -0.2) is 0 Å². The zero-order valence-corrected chi connectivity index (χ0v) is 10.9. The van der Waals surface area contributed by atoms with E-state index in [2.05, 4.69) is 19.1 Å². The molecule has 92 valence electrons. The summed E-state index contributed by atoms with van der Waals surface area (Å²) < 4.78 is 0.